The summed E-state index contributed by atoms with van der Waals surface area (Å²) < 4.78 is 0. The SMILES string of the molecule is CCc1c(C(=O)c2ccc(O)cc2)ccc2cc(O)ccc12. The number of carbonyl (C=O) groups excluding carboxylic acids is 1. The van der Waals surface area contributed by atoms with Crippen molar-refractivity contribution in [1.82, 2.24) is 0 Å². The fraction of sp³-hybridized carbons (Fsp3) is 0.105. The minimum atomic E-state index is -0.0631. The van der Waals surface area contributed by atoms with E-state index in [9.17, 15) is 15.0 Å². The number of phenols is 2. The Kier molecular flexibility index (Phi) is 3.55. The number of rotatable bonds is 3. The Morgan fingerprint density at radius 3 is 2.27 bits per heavy atom. The Morgan fingerprint density at radius 2 is 1.59 bits per heavy atom. The van der Waals surface area contributed by atoms with Gasteiger partial charge in [0.25, 0.3) is 0 Å². The quantitative estimate of drug-likeness (QED) is 0.716. The number of ketones is 1. The Hall–Kier alpha value is -2.81. The zero-order chi connectivity index (χ0) is 15.7. The van der Waals surface area contributed by atoms with Crippen LogP contribution in [0.15, 0.2) is 54.6 Å². The fourth-order valence-corrected chi connectivity index (χ4v) is 2.74. The molecule has 2 N–H and O–H groups in total. The van der Waals surface area contributed by atoms with Crippen molar-refractivity contribution >= 4 is 16.6 Å². The predicted molar refractivity (Wildman–Crippen MR) is 86.5 cm³/mol. The maximum absolute atomic E-state index is 12.7. The van der Waals surface area contributed by atoms with E-state index in [1.807, 2.05) is 19.1 Å². The van der Waals surface area contributed by atoms with E-state index in [-0.39, 0.29) is 17.3 Å². The minimum absolute atomic E-state index is 0.0631. The van der Waals surface area contributed by atoms with Gasteiger partial charge in [-0.05, 0) is 59.2 Å². The summed E-state index contributed by atoms with van der Waals surface area (Å²) >= 11 is 0. The molecule has 22 heavy (non-hydrogen) atoms. The van der Waals surface area contributed by atoms with Crippen LogP contribution in [0.3, 0.4) is 0 Å². The summed E-state index contributed by atoms with van der Waals surface area (Å²) in [6, 6.07) is 15.1. The summed E-state index contributed by atoms with van der Waals surface area (Å²) in [5.74, 6) is 0.292. The first-order chi connectivity index (χ1) is 10.6. The van der Waals surface area contributed by atoms with Gasteiger partial charge in [-0.2, -0.15) is 0 Å². The molecule has 0 aliphatic carbocycles. The number of hydrogen-bond donors (Lipinski definition) is 2. The molecule has 110 valence electrons. The Bertz CT molecular complexity index is 848. The highest BCUT2D eigenvalue weighted by atomic mass is 16.3. The van der Waals surface area contributed by atoms with Crippen LogP contribution in [0.2, 0.25) is 0 Å². The molecular formula is C19H16O3. The second-order valence-corrected chi connectivity index (χ2v) is 5.23. The second kappa shape index (κ2) is 5.53. The average Bonchev–Trinajstić information content (AvgIpc) is 2.53. The zero-order valence-corrected chi connectivity index (χ0v) is 12.2. The van der Waals surface area contributed by atoms with Gasteiger partial charge in [0.05, 0.1) is 0 Å². The maximum atomic E-state index is 12.7. The summed E-state index contributed by atoms with van der Waals surface area (Å²) in [4.78, 5) is 12.7. The molecule has 3 aromatic rings. The van der Waals surface area contributed by atoms with E-state index < -0.39 is 0 Å². The number of carbonyl (C=O) groups is 1. The van der Waals surface area contributed by atoms with Crippen molar-refractivity contribution in [2.75, 3.05) is 0 Å². The van der Waals surface area contributed by atoms with Crippen LogP contribution >= 0.6 is 0 Å². The smallest absolute Gasteiger partial charge is 0.193 e. The standard InChI is InChI=1S/C19H16O3/c1-2-16-17-10-8-15(21)11-13(17)5-9-18(16)19(22)12-3-6-14(20)7-4-12/h3-11,20-21H,2H2,1H3. The molecule has 3 aromatic carbocycles. The van der Waals surface area contributed by atoms with E-state index in [2.05, 4.69) is 0 Å². The third-order valence-electron chi connectivity index (χ3n) is 3.84. The maximum Gasteiger partial charge on any atom is 0.193 e. The first-order valence-corrected chi connectivity index (χ1v) is 7.18. The monoisotopic (exact) mass is 292 g/mol. The Labute approximate surface area is 128 Å². The van der Waals surface area contributed by atoms with Gasteiger partial charge < -0.3 is 10.2 Å². The number of benzene rings is 3. The molecule has 0 radical (unpaired) electrons. The van der Waals surface area contributed by atoms with Crippen LogP contribution < -0.4 is 0 Å². The van der Waals surface area contributed by atoms with Gasteiger partial charge >= 0.3 is 0 Å². The molecule has 0 amide bonds. The van der Waals surface area contributed by atoms with Crippen molar-refractivity contribution < 1.29 is 15.0 Å². The molecule has 3 heteroatoms. The van der Waals surface area contributed by atoms with Crippen LogP contribution in [-0.2, 0) is 6.42 Å². The van der Waals surface area contributed by atoms with Crippen molar-refractivity contribution in [1.29, 1.82) is 0 Å². The van der Waals surface area contributed by atoms with E-state index in [0.717, 1.165) is 22.8 Å². The molecule has 0 atom stereocenters. The lowest BCUT2D eigenvalue weighted by molar-refractivity contribution is 0.103. The molecule has 0 fully saturated rings. The minimum Gasteiger partial charge on any atom is -0.508 e. The van der Waals surface area contributed by atoms with Crippen molar-refractivity contribution in [2.45, 2.75) is 13.3 Å². The van der Waals surface area contributed by atoms with Gasteiger partial charge in [0.2, 0.25) is 0 Å². The number of fused-ring (bicyclic) bond motifs is 1. The topological polar surface area (TPSA) is 57.5 Å². The van der Waals surface area contributed by atoms with Gasteiger partial charge in [0, 0.05) is 11.1 Å². The summed E-state index contributed by atoms with van der Waals surface area (Å²) in [5.41, 5.74) is 2.17. The molecule has 0 aliphatic rings. The van der Waals surface area contributed by atoms with Crippen molar-refractivity contribution in [3.63, 3.8) is 0 Å². The molecule has 3 rings (SSSR count). The molecule has 0 saturated carbocycles. The molecule has 3 nitrogen and oxygen atoms in total. The number of aromatic hydroxyl groups is 2. The lowest BCUT2D eigenvalue weighted by Crippen LogP contribution is -2.05. The summed E-state index contributed by atoms with van der Waals surface area (Å²) in [5, 5.41) is 20.8. The normalized spacial score (nSPS) is 10.8. The first kappa shape index (κ1) is 14.1. The highest BCUT2D eigenvalue weighted by Gasteiger charge is 2.15. The van der Waals surface area contributed by atoms with Gasteiger partial charge in [-0.3, -0.25) is 4.79 Å². The Morgan fingerprint density at radius 1 is 0.909 bits per heavy atom. The van der Waals surface area contributed by atoms with Gasteiger partial charge in [0.1, 0.15) is 11.5 Å². The Balaban J connectivity index is 2.16. The van der Waals surface area contributed by atoms with E-state index in [0.29, 0.717) is 11.1 Å². The van der Waals surface area contributed by atoms with Crippen LogP contribution in [0, 0.1) is 0 Å². The van der Waals surface area contributed by atoms with Crippen molar-refractivity contribution in [3.05, 3.63) is 71.3 Å². The van der Waals surface area contributed by atoms with E-state index in [4.69, 9.17) is 0 Å². The summed E-state index contributed by atoms with van der Waals surface area (Å²) in [6.07, 6.45) is 0.723. The van der Waals surface area contributed by atoms with Crippen molar-refractivity contribution in [2.24, 2.45) is 0 Å². The third kappa shape index (κ3) is 2.42. The van der Waals surface area contributed by atoms with E-state index >= 15 is 0 Å². The molecule has 0 aromatic heterocycles. The molecule has 0 unspecified atom stereocenters. The summed E-state index contributed by atoms with van der Waals surface area (Å²) in [7, 11) is 0. The molecule has 0 bridgehead atoms. The second-order valence-electron chi connectivity index (χ2n) is 5.23. The highest BCUT2D eigenvalue weighted by Crippen LogP contribution is 2.28. The third-order valence-corrected chi connectivity index (χ3v) is 3.84. The average molecular weight is 292 g/mol. The van der Waals surface area contributed by atoms with Crippen LogP contribution in [-0.4, -0.2) is 16.0 Å². The first-order valence-electron chi connectivity index (χ1n) is 7.18. The number of aryl methyl sites for hydroxylation is 1. The highest BCUT2D eigenvalue weighted by molar-refractivity contribution is 6.12. The largest absolute Gasteiger partial charge is 0.508 e. The van der Waals surface area contributed by atoms with Crippen LogP contribution in [0.4, 0.5) is 0 Å². The van der Waals surface area contributed by atoms with Crippen LogP contribution in [0.25, 0.3) is 10.8 Å². The van der Waals surface area contributed by atoms with E-state index in [1.54, 1.807) is 30.3 Å². The molecular weight excluding hydrogens is 276 g/mol. The van der Waals surface area contributed by atoms with Gasteiger partial charge in [-0.1, -0.05) is 25.1 Å². The predicted octanol–water partition coefficient (Wildman–Crippen LogP) is 4.04. The zero-order valence-electron chi connectivity index (χ0n) is 12.2. The lowest BCUT2D eigenvalue weighted by atomic mass is 9.92. The van der Waals surface area contributed by atoms with Crippen LogP contribution in [0.1, 0.15) is 28.4 Å². The van der Waals surface area contributed by atoms with Crippen LogP contribution in [0.5, 0.6) is 11.5 Å². The molecule has 0 spiro atoms. The van der Waals surface area contributed by atoms with E-state index in [1.165, 1.54) is 12.1 Å². The molecule has 0 aliphatic heterocycles. The lowest BCUT2D eigenvalue weighted by Gasteiger charge is -2.11. The van der Waals surface area contributed by atoms with Gasteiger partial charge in [-0.15, -0.1) is 0 Å². The number of phenolic OH excluding ortho intramolecular Hbond substituents is 2. The summed E-state index contributed by atoms with van der Waals surface area (Å²) in [6.45, 7) is 2.01. The van der Waals surface area contributed by atoms with Gasteiger partial charge in [-0.25, -0.2) is 0 Å². The molecule has 0 heterocycles. The molecule has 0 saturated heterocycles. The number of hydrogen-bond acceptors (Lipinski definition) is 3. The van der Waals surface area contributed by atoms with Gasteiger partial charge in [0.15, 0.2) is 5.78 Å². The fourth-order valence-electron chi connectivity index (χ4n) is 2.74. The van der Waals surface area contributed by atoms with Crippen molar-refractivity contribution in [3.8, 4) is 11.5 Å².